The number of ether oxygens (including phenoxy) is 1. The summed E-state index contributed by atoms with van der Waals surface area (Å²) in [5.74, 6) is 0.360. The van der Waals surface area contributed by atoms with Crippen molar-refractivity contribution >= 4 is 62.5 Å². The third kappa shape index (κ3) is 4.99. The molecule has 0 unspecified atom stereocenters. The summed E-state index contributed by atoms with van der Waals surface area (Å²) >= 11 is 17.0. The molecule has 0 amide bonds. The van der Waals surface area contributed by atoms with Crippen molar-refractivity contribution in [1.82, 2.24) is 4.57 Å². The molecule has 0 N–H and O–H groups in total. The number of furan rings is 1. The van der Waals surface area contributed by atoms with Crippen LogP contribution in [0.2, 0.25) is 10.0 Å². The molecule has 1 aliphatic heterocycles. The zero-order chi connectivity index (χ0) is 26.3. The molecule has 4 aromatic rings. The quantitative estimate of drug-likeness (QED) is 0.253. The standard InChI is InChI=1S/C27H19BrCl2N2O4S/c1-3-35-26(34)23-14(2)31-27-32(25(33)22(37-27)12-15-5-4-6-17(28)11-15)24(23)21-10-9-20(36-21)16-7-8-18(29)19(30)13-16/h4-13,24H,3H2,1-2H3/b22-12-/t24-/m1/s1. The van der Waals surface area contributed by atoms with Gasteiger partial charge in [0, 0.05) is 10.0 Å². The van der Waals surface area contributed by atoms with Gasteiger partial charge < -0.3 is 9.15 Å². The van der Waals surface area contributed by atoms with Crippen molar-refractivity contribution in [2.24, 2.45) is 4.99 Å². The van der Waals surface area contributed by atoms with Crippen molar-refractivity contribution in [3.05, 3.63) is 111 Å². The predicted molar refractivity (Wildman–Crippen MR) is 149 cm³/mol. The van der Waals surface area contributed by atoms with Gasteiger partial charge in [-0.3, -0.25) is 9.36 Å². The minimum atomic E-state index is -0.850. The number of fused-ring (bicyclic) bond motifs is 1. The van der Waals surface area contributed by atoms with E-state index in [0.29, 0.717) is 42.2 Å². The first-order valence-electron chi connectivity index (χ1n) is 11.3. The molecule has 0 saturated heterocycles. The molecule has 0 bridgehead atoms. The Morgan fingerprint density at radius 2 is 2.00 bits per heavy atom. The fourth-order valence-electron chi connectivity index (χ4n) is 4.11. The number of halogens is 3. The van der Waals surface area contributed by atoms with Gasteiger partial charge in [-0.1, -0.05) is 62.6 Å². The molecule has 2 aromatic heterocycles. The van der Waals surface area contributed by atoms with E-state index in [1.807, 2.05) is 24.3 Å². The van der Waals surface area contributed by atoms with Crippen molar-refractivity contribution < 1.29 is 13.9 Å². The Morgan fingerprint density at radius 3 is 2.73 bits per heavy atom. The van der Waals surface area contributed by atoms with E-state index < -0.39 is 12.0 Å². The lowest BCUT2D eigenvalue weighted by molar-refractivity contribution is -0.139. The highest BCUT2D eigenvalue weighted by Gasteiger charge is 2.35. The lowest BCUT2D eigenvalue weighted by Gasteiger charge is -2.22. The monoisotopic (exact) mass is 616 g/mol. The van der Waals surface area contributed by atoms with Crippen LogP contribution in [-0.2, 0) is 9.53 Å². The minimum Gasteiger partial charge on any atom is -0.463 e. The first-order chi connectivity index (χ1) is 17.8. The predicted octanol–water partition coefficient (Wildman–Crippen LogP) is 6.13. The highest BCUT2D eigenvalue weighted by Crippen LogP contribution is 2.35. The fourth-order valence-corrected chi connectivity index (χ4v) is 5.87. The molecule has 3 heterocycles. The van der Waals surface area contributed by atoms with Crippen LogP contribution in [0.4, 0.5) is 0 Å². The Labute approximate surface area is 234 Å². The molecular formula is C27H19BrCl2N2O4S. The van der Waals surface area contributed by atoms with Gasteiger partial charge in [0.1, 0.15) is 17.6 Å². The van der Waals surface area contributed by atoms with Crippen LogP contribution in [0, 0.1) is 0 Å². The molecule has 0 spiro atoms. The topological polar surface area (TPSA) is 73.8 Å². The van der Waals surface area contributed by atoms with Gasteiger partial charge >= 0.3 is 5.97 Å². The number of hydrogen-bond donors (Lipinski definition) is 0. The summed E-state index contributed by atoms with van der Waals surface area (Å²) < 4.78 is 14.4. The van der Waals surface area contributed by atoms with Crippen LogP contribution in [0.5, 0.6) is 0 Å². The van der Waals surface area contributed by atoms with E-state index >= 15 is 0 Å². The molecule has 1 aliphatic rings. The molecule has 5 rings (SSSR count). The van der Waals surface area contributed by atoms with E-state index in [2.05, 4.69) is 20.9 Å². The summed E-state index contributed by atoms with van der Waals surface area (Å²) in [5, 5.41) is 0.818. The second-order valence-electron chi connectivity index (χ2n) is 8.19. The SMILES string of the molecule is CCOC(=O)C1=C(C)N=c2s/c(=C\c3cccc(Br)c3)c(=O)n2[C@@H]1c1ccc(-c2ccc(Cl)c(Cl)c2)o1. The molecule has 6 nitrogen and oxygen atoms in total. The van der Waals surface area contributed by atoms with Gasteiger partial charge in [0.25, 0.3) is 5.56 Å². The molecule has 0 saturated carbocycles. The molecule has 188 valence electrons. The Balaban J connectivity index is 1.69. The zero-order valence-corrected chi connectivity index (χ0v) is 23.5. The molecular weight excluding hydrogens is 599 g/mol. The highest BCUT2D eigenvalue weighted by molar-refractivity contribution is 9.10. The van der Waals surface area contributed by atoms with Crippen LogP contribution >= 0.6 is 50.5 Å². The number of esters is 1. The second-order valence-corrected chi connectivity index (χ2v) is 10.9. The Morgan fingerprint density at radius 1 is 1.19 bits per heavy atom. The van der Waals surface area contributed by atoms with Gasteiger partial charge in [0.15, 0.2) is 4.80 Å². The smallest absolute Gasteiger partial charge is 0.338 e. The number of benzene rings is 2. The van der Waals surface area contributed by atoms with Crippen molar-refractivity contribution in [2.75, 3.05) is 6.61 Å². The van der Waals surface area contributed by atoms with Crippen LogP contribution in [0.25, 0.3) is 17.4 Å². The van der Waals surface area contributed by atoms with Gasteiger partial charge in [-0.15, -0.1) is 0 Å². The summed E-state index contributed by atoms with van der Waals surface area (Å²) in [4.78, 5) is 31.8. The number of rotatable bonds is 5. The first-order valence-corrected chi connectivity index (χ1v) is 13.6. The maximum atomic E-state index is 13.7. The third-order valence-electron chi connectivity index (χ3n) is 5.76. The number of thiazole rings is 1. The van der Waals surface area contributed by atoms with E-state index in [4.69, 9.17) is 32.4 Å². The molecule has 10 heteroatoms. The highest BCUT2D eigenvalue weighted by atomic mass is 79.9. The number of carbonyl (C=O) groups is 1. The summed E-state index contributed by atoms with van der Waals surface area (Å²) in [6.07, 6.45) is 1.80. The summed E-state index contributed by atoms with van der Waals surface area (Å²) in [7, 11) is 0. The fraction of sp³-hybridized carbons (Fsp3) is 0.148. The lowest BCUT2D eigenvalue weighted by atomic mass is 10.0. The van der Waals surface area contributed by atoms with Crippen molar-refractivity contribution in [3.63, 3.8) is 0 Å². The van der Waals surface area contributed by atoms with Gasteiger partial charge in [-0.2, -0.15) is 0 Å². The molecule has 0 aliphatic carbocycles. The lowest BCUT2D eigenvalue weighted by Crippen LogP contribution is -2.39. The third-order valence-corrected chi connectivity index (χ3v) is 7.98. The van der Waals surface area contributed by atoms with Gasteiger partial charge in [-0.05, 0) is 68.0 Å². The number of aromatic nitrogens is 1. The second kappa shape index (κ2) is 10.5. The summed E-state index contributed by atoms with van der Waals surface area (Å²) in [6.45, 7) is 3.64. The number of hydrogen-bond acceptors (Lipinski definition) is 6. The molecule has 0 fully saturated rings. The number of allylic oxidation sites excluding steroid dienone is 1. The van der Waals surface area contributed by atoms with Crippen LogP contribution in [-0.4, -0.2) is 17.1 Å². The summed E-state index contributed by atoms with van der Waals surface area (Å²) in [6, 6.07) is 15.5. The molecule has 37 heavy (non-hydrogen) atoms. The van der Waals surface area contributed by atoms with E-state index in [-0.39, 0.29) is 17.7 Å². The van der Waals surface area contributed by atoms with E-state index in [1.54, 1.807) is 50.3 Å². The molecule has 2 aromatic carbocycles. The summed E-state index contributed by atoms with van der Waals surface area (Å²) in [5.41, 5.74) is 2.00. The van der Waals surface area contributed by atoms with E-state index in [9.17, 15) is 9.59 Å². The van der Waals surface area contributed by atoms with E-state index in [1.165, 1.54) is 15.9 Å². The Bertz CT molecular complexity index is 1750. The normalized spacial score (nSPS) is 15.5. The first kappa shape index (κ1) is 25.7. The van der Waals surface area contributed by atoms with Crippen LogP contribution < -0.4 is 14.9 Å². The number of carbonyl (C=O) groups excluding carboxylic acids is 1. The van der Waals surface area contributed by atoms with Crippen molar-refractivity contribution in [2.45, 2.75) is 19.9 Å². The van der Waals surface area contributed by atoms with Crippen molar-refractivity contribution in [3.8, 4) is 11.3 Å². The largest absolute Gasteiger partial charge is 0.463 e. The van der Waals surface area contributed by atoms with Crippen LogP contribution in [0.15, 0.2) is 84.5 Å². The van der Waals surface area contributed by atoms with Crippen LogP contribution in [0.1, 0.15) is 31.2 Å². The number of nitrogens with zero attached hydrogens (tertiary/aromatic N) is 2. The zero-order valence-electron chi connectivity index (χ0n) is 19.6. The molecule has 1 atom stereocenters. The van der Waals surface area contributed by atoms with Crippen molar-refractivity contribution in [1.29, 1.82) is 0 Å². The minimum absolute atomic E-state index is 0.183. The van der Waals surface area contributed by atoms with E-state index in [0.717, 1.165) is 10.0 Å². The van der Waals surface area contributed by atoms with Gasteiger partial charge in [0.2, 0.25) is 0 Å². The average Bonchev–Trinajstić information content (AvgIpc) is 3.45. The molecule has 0 radical (unpaired) electrons. The maximum Gasteiger partial charge on any atom is 0.338 e. The Kier molecular flexibility index (Phi) is 7.27. The van der Waals surface area contributed by atoms with Crippen LogP contribution in [0.3, 0.4) is 0 Å². The maximum absolute atomic E-state index is 13.7. The van der Waals surface area contributed by atoms with Gasteiger partial charge in [-0.25, -0.2) is 9.79 Å². The Hall–Kier alpha value is -2.91. The van der Waals surface area contributed by atoms with Gasteiger partial charge in [0.05, 0.1) is 32.5 Å². The average molecular weight is 618 g/mol.